The van der Waals surface area contributed by atoms with Gasteiger partial charge in [0.25, 0.3) is 0 Å². The highest BCUT2D eigenvalue weighted by atomic mass is 16.6. The van der Waals surface area contributed by atoms with Gasteiger partial charge in [0.15, 0.2) is 0 Å². The molecule has 0 bridgehead atoms. The lowest BCUT2D eigenvalue weighted by atomic mass is 10.0. The van der Waals surface area contributed by atoms with E-state index in [1.165, 1.54) is 6.20 Å². The molecule has 5 aromatic rings. The molecule has 0 unspecified atom stereocenters. The average Bonchev–Trinajstić information content (AvgIpc) is 3.34. The molecule has 1 aliphatic rings. The summed E-state index contributed by atoms with van der Waals surface area (Å²) < 4.78 is 5.41. The van der Waals surface area contributed by atoms with Gasteiger partial charge in [-0.05, 0) is 29.7 Å². The van der Waals surface area contributed by atoms with E-state index in [-0.39, 0.29) is 23.0 Å². The van der Waals surface area contributed by atoms with Crippen LogP contribution in [0.5, 0.6) is 0 Å². The summed E-state index contributed by atoms with van der Waals surface area (Å²) in [5, 5.41) is 15.8. The van der Waals surface area contributed by atoms with Crippen LogP contribution in [-0.4, -0.2) is 52.0 Å². The lowest BCUT2D eigenvalue weighted by molar-refractivity contribution is -0.384. The Morgan fingerprint density at radius 2 is 1.75 bits per heavy atom. The maximum atomic E-state index is 13.8. The molecule has 10 heteroatoms. The third kappa shape index (κ3) is 4.87. The van der Waals surface area contributed by atoms with Crippen molar-refractivity contribution in [2.45, 2.75) is 6.92 Å². The first-order valence-electron chi connectivity index (χ1n) is 12.9. The van der Waals surface area contributed by atoms with E-state index >= 15 is 0 Å². The fraction of sp³-hybridized carbons (Fsp3) is 0.167. The van der Waals surface area contributed by atoms with Gasteiger partial charge >= 0.3 is 5.69 Å². The number of carbonyl (C=O) groups excluding carboxylic acids is 1. The Balaban J connectivity index is 1.41. The van der Waals surface area contributed by atoms with Crippen LogP contribution in [0.2, 0.25) is 0 Å². The van der Waals surface area contributed by atoms with Gasteiger partial charge in [0.2, 0.25) is 17.5 Å². The third-order valence-electron chi connectivity index (χ3n) is 6.93. The minimum absolute atomic E-state index is 0.0106. The summed E-state index contributed by atoms with van der Waals surface area (Å²) in [5.74, 6) is 0.119. The van der Waals surface area contributed by atoms with Gasteiger partial charge in [0, 0.05) is 29.6 Å². The van der Waals surface area contributed by atoms with E-state index in [1.54, 1.807) is 12.1 Å². The number of hydrogen-bond acceptors (Lipinski definition) is 8. The van der Waals surface area contributed by atoms with Gasteiger partial charge in [-0.1, -0.05) is 66.7 Å². The topological polar surface area (TPSA) is 126 Å². The fourth-order valence-electron chi connectivity index (χ4n) is 4.83. The van der Waals surface area contributed by atoms with Crippen molar-refractivity contribution in [1.82, 2.24) is 15.0 Å². The number of rotatable bonds is 7. The lowest BCUT2D eigenvalue weighted by Gasteiger charge is -2.26. The van der Waals surface area contributed by atoms with Gasteiger partial charge in [-0.2, -0.15) is 4.98 Å². The number of ketones is 1. The Morgan fingerprint density at radius 3 is 2.48 bits per heavy atom. The quantitative estimate of drug-likeness (QED) is 0.156. The van der Waals surface area contributed by atoms with Crippen molar-refractivity contribution in [2.75, 3.05) is 36.5 Å². The fourth-order valence-corrected chi connectivity index (χ4v) is 4.83. The number of benzene rings is 3. The van der Waals surface area contributed by atoms with Gasteiger partial charge in [-0.15, -0.1) is 0 Å². The van der Waals surface area contributed by atoms with E-state index in [4.69, 9.17) is 4.74 Å². The van der Waals surface area contributed by atoms with Crippen molar-refractivity contribution in [3.63, 3.8) is 0 Å². The zero-order valence-corrected chi connectivity index (χ0v) is 21.8. The zero-order valence-electron chi connectivity index (χ0n) is 21.8. The van der Waals surface area contributed by atoms with Crippen molar-refractivity contribution in [1.29, 1.82) is 0 Å². The minimum atomic E-state index is -0.534. The summed E-state index contributed by atoms with van der Waals surface area (Å²) in [7, 11) is 0. The SMILES string of the molecule is Cc1ccc2c(Nc3nc(N4CCOCC4)ncc3[N+](=O)[O-])c(C(=O)c3ccc(-c4ccccc4)cc3)[nH]c2c1. The van der Waals surface area contributed by atoms with E-state index < -0.39 is 4.92 Å². The highest BCUT2D eigenvalue weighted by Gasteiger charge is 2.26. The Kier molecular flexibility index (Phi) is 6.67. The first kappa shape index (κ1) is 25.2. The van der Waals surface area contributed by atoms with Crippen LogP contribution in [-0.2, 0) is 4.74 Å². The highest BCUT2D eigenvalue weighted by molar-refractivity contribution is 6.17. The van der Waals surface area contributed by atoms with Crippen molar-refractivity contribution in [2.24, 2.45) is 0 Å². The Hall–Kier alpha value is -5.09. The second kappa shape index (κ2) is 10.6. The van der Waals surface area contributed by atoms with Crippen LogP contribution in [0.4, 0.5) is 23.1 Å². The molecule has 3 heterocycles. The van der Waals surface area contributed by atoms with Gasteiger partial charge in [0.1, 0.15) is 11.9 Å². The molecule has 200 valence electrons. The van der Waals surface area contributed by atoms with Crippen molar-refractivity contribution < 1.29 is 14.5 Å². The van der Waals surface area contributed by atoms with E-state index in [0.717, 1.165) is 27.6 Å². The summed E-state index contributed by atoms with van der Waals surface area (Å²) in [5.41, 5.74) is 4.69. The van der Waals surface area contributed by atoms with Crippen LogP contribution >= 0.6 is 0 Å². The molecule has 6 rings (SSSR count). The van der Waals surface area contributed by atoms with Gasteiger partial charge in [0.05, 0.1) is 23.8 Å². The van der Waals surface area contributed by atoms with Crippen molar-refractivity contribution in [3.05, 3.63) is 106 Å². The largest absolute Gasteiger partial charge is 0.378 e. The van der Waals surface area contributed by atoms with Crippen LogP contribution in [0.1, 0.15) is 21.6 Å². The molecule has 1 aliphatic heterocycles. The molecule has 0 atom stereocenters. The summed E-state index contributed by atoms with van der Waals surface area (Å²) in [6.45, 7) is 4.15. The van der Waals surface area contributed by atoms with Crippen LogP contribution in [0.15, 0.2) is 79.0 Å². The van der Waals surface area contributed by atoms with Crippen molar-refractivity contribution in [3.8, 4) is 11.1 Å². The number of ether oxygens (including phenoxy) is 1. The number of nitrogens with zero attached hydrogens (tertiary/aromatic N) is 4. The lowest BCUT2D eigenvalue weighted by Crippen LogP contribution is -2.37. The van der Waals surface area contributed by atoms with Gasteiger partial charge in [-0.25, -0.2) is 4.98 Å². The number of aryl methyl sites for hydroxylation is 1. The summed E-state index contributed by atoms with van der Waals surface area (Å²) in [6, 6.07) is 23.1. The maximum absolute atomic E-state index is 13.8. The highest BCUT2D eigenvalue weighted by Crippen LogP contribution is 2.35. The average molecular weight is 535 g/mol. The number of H-pyrrole nitrogens is 1. The molecular weight excluding hydrogens is 508 g/mol. The minimum Gasteiger partial charge on any atom is -0.378 e. The molecule has 0 radical (unpaired) electrons. The molecule has 40 heavy (non-hydrogen) atoms. The molecule has 1 saturated heterocycles. The van der Waals surface area contributed by atoms with Crippen LogP contribution in [0.3, 0.4) is 0 Å². The number of fused-ring (bicyclic) bond motifs is 1. The number of anilines is 3. The molecule has 0 saturated carbocycles. The van der Waals surface area contributed by atoms with Crippen molar-refractivity contribution >= 4 is 39.8 Å². The molecule has 0 aliphatic carbocycles. The number of aromatic amines is 1. The first-order valence-corrected chi connectivity index (χ1v) is 12.9. The zero-order chi connectivity index (χ0) is 27.6. The molecule has 1 fully saturated rings. The van der Waals surface area contributed by atoms with Crippen LogP contribution < -0.4 is 10.2 Å². The first-order chi connectivity index (χ1) is 19.5. The normalized spacial score (nSPS) is 13.4. The molecule has 0 amide bonds. The standard InChI is InChI=1S/C30H26N6O4/c1-19-7-12-23-24(17-19)32-27(28(37)22-10-8-21(9-11-22)20-5-3-2-4-6-20)26(23)33-29-25(36(38)39)18-31-30(34-29)35-13-15-40-16-14-35/h2-12,17-18,32H,13-16H2,1H3,(H,31,33,34). The number of aromatic nitrogens is 3. The molecule has 10 nitrogen and oxygen atoms in total. The van der Waals surface area contributed by atoms with Gasteiger partial charge in [-0.3, -0.25) is 14.9 Å². The number of nitro groups is 1. The Bertz CT molecular complexity index is 1710. The van der Waals surface area contributed by atoms with Crippen LogP contribution in [0, 0.1) is 17.0 Å². The van der Waals surface area contributed by atoms with Gasteiger partial charge < -0.3 is 19.9 Å². The smallest absolute Gasteiger partial charge is 0.329 e. The monoisotopic (exact) mass is 534 g/mol. The molecule has 2 aromatic heterocycles. The summed E-state index contributed by atoms with van der Waals surface area (Å²) >= 11 is 0. The summed E-state index contributed by atoms with van der Waals surface area (Å²) in [6.07, 6.45) is 1.20. The Morgan fingerprint density at radius 1 is 1.02 bits per heavy atom. The Labute approximate surface area is 229 Å². The number of morpholine rings is 1. The van der Waals surface area contributed by atoms with E-state index in [1.807, 2.05) is 72.5 Å². The second-order valence-electron chi connectivity index (χ2n) is 9.58. The maximum Gasteiger partial charge on any atom is 0.329 e. The summed E-state index contributed by atoms with van der Waals surface area (Å²) in [4.78, 5) is 39.1. The molecular formula is C30H26N6O4. The van der Waals surface area contributed by atoms with Crippen LogP contribution in [0.25, 0.3) is 22.0 Å². The number of carbonyl (C=O) groups is 1. The molecule has 0 spiro atoms. The predicted molar refractivity (Wildman–Crippen MR) is 153 cm³/mol. The third-order valence-corrected chi connectivity index (χ3v) is 6.93. The number of nitrogens with one attached hydrogen (secondary N) is 2. The number of hydrogen-bond donors (Lipinski definition) is 2. The molecule has 3 aromatic carbocycles. The van der Waals surface area contributed by atoms with E-state index in [9.17, 15) is 14.9 Å². The van der Waals surface area contributed by atoms with E-state index in [0.29, 0.717) is 43.5 Å². The second-order valence-corrected chi connectivity index (χ2v) is 9.58. The molecule has 2 N–H and O–H groups in total. The van der Waals surface area contributed by atoms with E-state index in [2.05, 4.69) is 20.3 Å². The predicted octanol–water partition coefficient (Wildman–Crippen LogP) is 5.65.